The summed E-state index contributed by atoms with van der Waals surface area (Å²) >= 11 is 0. The van der Waals surface area contributed by atoms with E-state index in [1.807, 2.05) is 6.92 Å². The van der Waals surface area contributed by atoms with E-state index in [9.17, 15) is 0 Å². The first-order valence-electron chi connectivity index (χ1n) is 5.63. The van der Waals surface area contributed by atoms with Crippen molar-refractivity contribution < 1.29 is 0 Å². The predicted molar refractivity (Wildman–Crippen MR) is 65.3 cm³/mol. The molecule has 1 rings (SSSR count). The average molecular weight is 209 g/mol. The number of nitrogens with one attached hydrogen (secondary N) is 1. The second kappa shape index (κ2) is 5.21. The highest BCUT2D eigenvalue weighted by Crippen LogP contribution is 2.13. The van der Waals surface area contributed by atoms with Crippen molar-refractivity contribution in [2.45, 2.75) is 26.8 Å². The average Bonchev–Trinajstić information content (AvgIpc) is 2.16. The van der Waals surface area contributed by atoms with Gasteiger partial charge in [0.05, 0.1) is 0 Å². The number of nitrogens with zero attached hydrogens (tertiary/aromatic N) is 1. The van der Waals surface area contributed by atoms with E-state index in [1.54, 1.807) is 0 Å². The van der Waals surface area contributed by atoms with Crippen molar-refractivity contribution in [2.75, 3.05) is 20.1 Å². The van der Waals surface area contributed by atoms with Crippen molar-refractivity contribution in [3.63, 3.8) is 0 Å². The summed E-state index contributed by atoms with van der Waals surface area (Å²) in [6.45, 7) is 8.38. The monoisotopic (exact) mass is 209 g/mol. The van der Waals surface area contributed by atoms with E-state index in [4.69, 9.17) is 5.73 Å². The third-order valence-corrected chi connectivity index (χ3v) is 2.53. The van der Waals surface area contributed by atoms with Gasteiger partial charge in [0.15, 0.2) is 0 Å². The molecule has 0 bridgehead atoms. The number of likely N-dealkylation sites (N-methyl/N-ethyl adjacent to an activating group) is 1. The van der Waals surface area contributed by atoms with Gasteiger partial charge in [-0.2, -0.15) is 0 Å². The van der Waals surface area contributed by atoms with Crippen LogP contribution >= 0.6 is 0 Å². The van der Waals surface area contributed by atoms with E-state index in [2.05, 4.69) is 43.3 Å². The predicted octanol–water partition coefficient (Wildman–Crippen LogP) is 1.29. The quantitative estimate of drug-likeness (QED) is 0.733. The Balaban J connectivity index is 2.63. The molecule has 3 nitrogen and oxygen atoms in total. The van der Waals surface area contributed by atoms with E-state index in [-0.39, 0.29) is 6.04 Å². The van der Waals surface area contributed by atoms with Crippen molar-refractivity contribution in [3.8, 4) is 0 Å². The van der Waals surface area contributed by atoms with Crippen molar-refractivity contribution in [3.05, 3.63) is 23.5 Å². The van der Waals surface area contributed by atoms with Gasteiger partial charge in [0.2, 0.25) is 0 Å². The second-order valence-electron chi connectivity index (χ2n) is 4.68. The molecule has 0 aromatic carbocycles. The largest absolute Gasteiger partial charge is 0.371 e. The molecular weight excluding hydrogens is 186 g/mol. The first kappa shape index (κ1) is 12.1. The van der Waals surface area contributed by atoms with E-state index in [1.165, 1.54) is 11.4 Å². The van der Waals surface area contributed by atoms with Gasteiger partial charge in [0.25, 0.3) is 0 Å². The molecule has 0 aromatic heterocycles. The van der Waals surface area contributed by atoms with Crippen molar-refractivity contribution >= 4 is 0 Å². The maximum atomic E-state index is 5.87. The third-order valence-electron chi connectivity index (χ3n) is 2.53. The number of nitrogens with two attached hydrogens (primary N) is 1. The zero-order valence-electron chi connectivity index (χ0n) is 10.2. The Kier molecular flexibility index (Phi) is 4.21. The highest BCUT2D eigenvalue weighted by Gasteiger charge is 2.12. The van der Waals surface area contributed by atoms with Gasteiger partial charge in [-0.3, -0.25) is 0 Å². The molecule has 86 valence electrons. The van der Waals surface area contributed by atoms with Crippen LogP contribution < -0.4 is 11.1 Å². The minimum atomic E-state index is 0.120. The summed E-state index contributed by atoms with van der Waals surface area (Å²) in [6, 6.07) is 0.120. The van der Waals surface area contributed by atoms with Gasteiger partial charge in [-0.15, -0.1) is 0 Å². The van der Waals surface area contributed by atoms with E-state index in [0.717, 1.165) is 13.1 Å². The summed E-state index contributed by atoms with van der Waals surface area (Å²) in [5.74, 6) is 1.84. The second-order valence-corrected chi connectivity index (χ2v) is 4.68. The summed E-state index contributed by atoms with van der Waals surface area (Å²) < 4.78 is 0. The van der Waals surface area contributed by atoms with Gasteiger partial charge in [-0.25, -0.2) is 0 Å². The van der Waals surface area contributed by atoms with Crippen LogP contribution in [0, 0.1) is 5.92 Å². The zero-order valence-corrected chi connectivity index (χ0v) is 10.2. The molecule has 0 saturated heterocycles. The Morgan fingerprint density at radius 1 is 1.47 bits per heavy atom. The molecule has 0 radical (unpaired) electrons. The summed E-state index contributed by atoms with van der Waals surface area (Å²) in [5, 5.41) is 3.45. The fourth-order valence-electron chi connectivity index (χ4n) is 1.48. The summed E-state index contributed by atoms with van der Waals surface area (Å²) in [5.41, 5.74) is 7.09. The molecule has 0 fully saturated rings. The normalized spacial score (nSPS) is 18.7. The maximum absolute atomic E-state index is 5.87. The topological polar surface area (TPSA) is 41.3 Å². The SMILES string of the molecule is CC(C)CNC1=CC(C(C)N)=CCN1C. The number of rotatable bonds is 4. The van der Waals surface area contributed by atoms with Crippen LogP contribution in [0.1, 0.15) is 20.8 Å². The Hall–Kier alpha value is -0.960. The molecule has 0 saturated carbocycles. The molecule has 0 aromatic rings. The van der Waals surface area contributed by atoms with Crippen LogP contribution in [0.2, 0.25) is 0 Å². The fraction of sp³-hybridized carbons (Fsp3) is 0.667. The van der Waals surface area contributed by atoms with E-state index >= 15 is 0 Å². The molecule has 1 atom stereocenters. The summed E-state index contributed by atoms with van der Waals surface area (Å²) in [4.78, 5) is 2.20. The van der Waals surface area contributed by atoms with Crippen LogP contribution in [0.3, 0.4) is 0 Å². The zero-order chi connectivity index (χ0) is 11.4. The van der Waals surface area contributed by atoms with Gasteiger partial charge in [0.1, 0.15) is 5.82 Å². The van der Waals surface area contributed by atoms with Gasteiger partial charge < -0.3 is 16.0 Å². The van der Waals surface area contributed by atoms with E-state index < -0.39 is 0 Å². The highest BCUT2D eigenvalue weighted by atomic mass is 15.2. The lowest BCUT2D eigenvalue weighted by atomic mass is 10.1. The van der Waals surface area contributed by atoms with Gasteiger partial charge in [-0.05, 0) is 24.5 Å². The molecule has 3 N–H and O–H groups in total. The fourth-order valence-corrected chi connectivity index (χ4v) is 1.48. The number of hydrogen-bond donors (Lipinski definition) is 2. The minimum absolute atomic E-state index is 0.120. The standard InChI is InChI=1S/C12H23N3/c1-9(2)8-14-12-7-11(10(3)13)5-6-15(12)4/h5,7,9-10,14H,6,8,13H2,1-4H3. The molecule has 0 aliphatic carbocycles. The molecule has 1 aliphatic heterocycles. The summed E-state index contributed by atoms with van der Waals surface area (Å²) in [6.07, 6.45) is 4.34. The van der Waals surface area contributed by atoms with E-state index in [0.29, 0.717) is 5.92 Å². The van der Waals surface area contributed by atoms with Crippen LogP contribution in [0.15, 0.2) is 23.5 Å². The highest BCUT2D eigenvalue weighted by molar-refractivity contribution is 5.30. The first-order chi connectivity index (χ1) is 7.00. The van der Waals surface area contributed by atoms with Gasteiger partial charge in [-0.1, -0.05) is 19.9 Å². The molecule has 1 aliphatic rings. The van der Waals surface area contributed by atoms with Gasteiger partial charge >= 0.3 is 0 Å². The lowest BCUT2D eigenvalue weighted by Gasteiger charge is -2.28. The molecule has 15 heavy (non-hydrogen) atoms. The van der Waals surface area contributed by atoms with Crippen LogP contribution in [0.25, 0.3) is 0 Å². The Morgan fingerprint density at radius 2 is 2.13 bits per heavy atom. The smallest absolute Gasteiger partial charge is 0.102 e. The Bertz CT molecular complexity index is 264. The lowest BCUT2D eigenvalue weighted by Crippen LogP contribution is -2.34. The Morgan fingerprint density at radius 3 is 2.67 bits per heavy atom. The summed E-state index contributed by atoms with van der Waals surface area (Å²) in [7, 11) is 2.09. The molecule has 0 amide bonds. The Labute approximate surface area is 93.0 Å². The molecule has 1 unspecified atom stereocenters. The third kappa shape index (κ3) is 3.59. The minimum Gasteiger partial charge on any atom is -0.371 e. The van der Waals surface area contributed by atoms with Crippen molar-refractivity contribution in [1.82, 2.24) is 10.2 Å². The number of hydrogen-bond acceptors (Lipinski definition) is 3. The molecular formula is C12H23N3. The van der Waals surface area contributed by atoms with Gasteiger partial charge in [0, 0.05) is 26.2 Å². The van der Waals surface area contributed by atoms with Crippen molar-refractivity contribution in [2.24, 2.45) is 11.7 Å². The molecule has 3 heteroatoms. The van der Waals surface area contributed by atoms with Crippen LogP contribution in [-0.4, -0.2) is 31.1 Å². The molecule has 1 heterocycles. The molecule has 0 spiro atoms. The van der Waals surface area contributed by atoms with Crippen molar-refractivity contribution in [1.29, 1.82) is 0 Å². The maximum Gasteiger partial charge on any atom is 0.102 e. The van der Waals surface area contributed by atoms with Crippen LogP contribution in [0.4, 0.5) is 0 Å². The van der Waals surface area contributed by atoms with Crippen LogP contribution in [-0.2, 0) is 0 Å². The lowest BCUT2D eigenvalue weighted by molar-refractivity contribution is 0.401. The first-order valence-corrected chi connectivity index (χ1v) is 5.63. The van der Waals surface area contributed by atoms with Crippen LogP contribution in [0.5, 0.6) is 0 Å².